The summed E-state index contributed by atoms with van der Waals surface area (Å²) in [5.41, 5.74) is 0.970. The zero-order chi connectivity index (χ0) is 16.0. The Morgan fingerprint density at radius 1 is 1.22 bits per heavy atom. The number of carboxylic acids is 1. The molecule has 0 saturated heterocycles. The highest BCUT2D eigenvalue weighted by molar-refractivity contribution is 5.93. The molecule has 0 atom stereocenters. The first-order chi connectivity index (χ1) is 11.2. The molecule has 1 saturated carbocycles. The summed E-state index contributed by atoms with van der Waals surface area (Å²) < 4.78 is 3.23. The minimum absolute atomic E-state index is 0.102. The van der Waals surface area contributed by atoms with Crippen LogP contribution in [0.1, 0.15) is 48.6 Å². The van der Waals surface area contributed by atoms with Gasteiger partial charge in [-0.1, -0.05) is 25.3 Å². The van der Waals surface area contributed by atoms with Gasteiger partial charge in [-0.05, 0) is 31.0 Å². The van der Waals surface area contributed by atoms with Crippen LogP contribution in [0.3, 0.4) is 0 Å². The first-order valence-corrected chi connectivity index (χ1v) is 7.92. The van der Waals surface area contributed by atoms with Gasteiger partial charge in [-0.25, -0.2) is 9.78 Å². The predicted molar refractivity (Wildman–Crippen MR) is 86.0 cm³/mol. The molecule has 1 N–H and O–H groups in total. The molecule has 1 aliphatic carbocycles. The zero-order valence-electron chi connectivity index (χ0n) is 12.6. The molecule has 0 aromatic carbocycles. The van der Waals surface area contributed by atoms with E-state index < -0.39 is 5.97 Å². The molecule has 1 fully saturated rings. The predicted octanol–water partition coefficient (Wildman–Crippen LogP) is 2.85. The molecule has 0 aliphatic heterocycles. The fraction of sp³-hybridized carbons (Fsp3) is 0.353. The number of aromatic nitrogens is 3. The molecule has 3 heterocycles. The SMILES string of the molecule is O=C(O)c1cc2c(=O)n3ccccc3nc2n1C1CCCCC1. The molecule has 118 valence electrons. The summed E-state index contributed by atoms with van der Waals surface area (Å²) in [4.78, 5) is 28.9. The van der Waals surface area contributed by atoms with Gasteiger partial charge in [-0.15, -0.1) is 0 Å². The second-order valence-electron chi connectivity index (χ2n) is 6.08. The summed E-state index contributed by atoms with van der Waals surface area (Å²) in [7, 11) is 0. The van der Waals surface area contributed by atoms with Crippen LogP contribution in [0.4, 0.5) is 0 Å². The summed E-state index contributed by atoms with van der Waals surface area (Å²) in [6.45, 7) is 0. The summed E-state index contributed by atoms with van der Waals surface area (Å²) >= 11 is 0. The van der Waals surface area contributed by atoms with Gasteiger partial charge < -0.3 is 9.67 Å². The van der Waals surface area contributed by atoms with Gasteiger partial charge in [0.05, 0.1) is 5.39 Å². The van der Waals surface area contributed by atoms with Crippen molar-refractivity contribution < 1.29 is 9.90 Å². The van der Waals surface area contributed by atoms with Gasteiger partial charge in [0.1, 0.15) is 17.0 Å². The van der Waals surface area contributed by atoms with E-state index in [1.54, 1.807) is 22.9 Å². The Morgan fingerprint density at radius 3 is 2.74 bits per heavy atom. The van der Waals surface area contributed by atoms with Gasteiger partial charge in [0.25, 0.3) is 5.56 Å². The van der Waals surface area contributed by atoms with E-state index in [2.05, 4.69) is 4.98 Å². The maximum Gasteiger partial charge on any atom is 0.352 e. The van der Waals surface area contributed by atoms with E-state index in [0.29, 0.717) is 16.7 Å². The van der Waals surface area contributed by atoms with E-state index >= 15 is 0 Å². The lowest BCUT2D eigenvalue weighted by Crippen LogP contribution is -2.19. The van der Waals surface area contributed by atoms with Crippen LogP contribution < -0.4 is 5.56 Å². The highest BCUT2D eigenvalue weighted by Gasteiger charge is 2.25. The zero-order valence-corrected chi connectivity index (χ0v) is 12.6. The molecule has 3 aromatic rings. The van der Waals surface area contributed by atoms with Gasteiger partial charge in [0, 0.05) is 12.2 Å². The quantitative estimate of drug-likeness (QED) is 0.789. The lowest BCUT2D eigenvalue weighted by Gasteiger charge is -2.25. The summed E-state index contributed by atoms with van der Waals surface area (Å²) in [6, 6.07) is 6.92. The van der Waals surface area contributed by atoms with E-state index in [9.17, 15) is 14.7 Å². The number of nitrogens with zero attached hydrogens (tertiary/aromatic N) is 3. The standard InChI is InChI=1S/C17H17N3O3/c21-16-12-10-13(17(22)23)20(11-6-2-1-3-7-11)15(12)18-14-8-4-5-9-19(14)16/h4-5,8-11H,1-3,6-7H2,(H,22,23). The molecule has 0 bridgehead atoms. The topological polar surface area (TPSA) is 76.6 Å². The largest absolute Gasteiger partial charge is 0.477 e. The van der Waals surface area contributed by atoms with Crippen LogP contribution >= 0.6 is 0 Å². The van der Waals surface area contributed by atoms with Crippen molar-refractivity contribution in [2.24, 2.45) is 0 Å². The third kappa shape index (κ3) is 2.13. The van der Waals surface area contributed by atoms with Crippen LogP contribution in [-0.4, -0.2) is 25.0 Å². The third-order valence-electron chi connectivity index (χ3n) is 4.68. The molecule has 6 nitrogen and oxygen atoms in total. The maximum absolute atomic E-state index is 12.7. The second-order valence-corrected chi connectivity index (χ2v) is 6.08. The average molecular weight is 311 g/mol. The Kier molecular flexibility index (Phi) is 3.18. The Morgan fingerprint density at radius 2 is 2.00 bits per heavy atom. The molecule has 1 aliphatic rings. The highest BCUT2D eigenvalue weighted by Crippen LogP contribution is 2.32. The first kappa shape index (κ1) is 14.0. The first-order valence-electron chi connectivity index (χ1n) is 7.92. The Labute approximate surface area is 132 Å². The normalized spacial score (nSPS) is 16.2. The fourth-order valence-electron chi connectivity index (χ4n) is 3.59. The highest BCUT2D eigenvalue weighted by atomic mass is 16.4. The van der Waals surface area contributed by atoms with Crippen LogP contribution in [0.5, 0.6) is 0 Å². The van der Waals surface area contributed by atoms with Gasteiger partial charge >= 0.3 is 5.97 Å². The number of fused-ring (bicyclic) bond motifs is 2. The van der Waals surface area contributed by atoms with E-state index in [1.165, 1.54) is 16.9 Å². The molecule has 0 unspecified atom stereocenters. The van der Waals surface area contributed by atoms with Crippen molar-refractivity contribution in [3.05, 3.63) is 46.5 Å². The fourth-order valence-corrected chi connectivity index (χ4v) is 3.59. The summed E-state index contributed by atoms with van der Waals surface area (Å²) in [6.07, 6.45) is 6.85. The van der Waals surface area contributed by atoms with Crippen LogP contribution in [-0.2, 0) is 0 Å². The number of aromatic carboxylic acids is 1. The van der Waals surface area contributed by atoms with E-state index in [-0.39, 0.29) is 17.3 Å². The molecule has 0 amide bonds. The van der Waals surface area contributed by atoms with Gasteiger partial charge in [-0.3, -0.25) is 9.20 Å². The molecule has 23 heavy (non-hydrogen) atoms. The maximum atomic E-state index is 12.7. The van der Waals surface area contributed by atoms with Crippen LogP contribution in [0.15, 0.2) is 35.3 Å². The molecular weight excluding hydrogens is 294 g/mol. The number of hydrogen-bond acceptors (Lipinski definition) is 3. The molecule has 4 rings (SSSR count). The van der Waals surface area contributed by atoms with Crippen molar-refractivity contribution in [3.63, 3.8) is 0 Å². The smallest absolute Gasteiger partial charge is 0.352 e. The lowest BCUT2D eigenvalue weighted by molar-refractivity contribution is 0.0681. The van der Waals surface area contributed by atoms with Crippen molar-refractivity contribution in [2.75, 3.05) is 0 Å². The van der Waals surface area contributed by atoms with Crippen LogP contribution in [0, 0.1) is 0 Å². The van der Waals surface area contributed by atoms with Gasteiger partial charge in [0.15, 0.2) is 0 Å². The van der Waals surface area contributed by atoms with Crippen LogP contribution in [0.25, 0.3) is 16.7 Å². The van der Waals surface area contributed by atoms with Crippen molar-refractivity contribution in [2.45, 2.75) is 38.1 Å². The number of carboxylic acid groups (broad SMARTS) is 1. The monoisotopic (exact) mass is 311 g/mol. The Hall–Kier alpha value is -2.63. The van der Waals surface area contributed by atoms with Crippen molar-refractivity contribution in [1.29, 1.82) is 0 Å². The van der Waals surface area contributed by atoms with Crippen LogP contribution in [0.2, 0.25) is 0 Å². The molecule has 3 aromatic heterocycles. The number of hydrogen-bond donors (Lipinski definition) is 1. The lowest BCUT2D eigenvalue weighted by atomic mass is 9.95. The number of pyridine rings is 1. The molecular formula is C17H17N3O3. The minimum atomic E-state index is -1.01. The van der Waals surface area contributed by atoms with E-state index in [1.807, 2.05) is 6.07 Å². The second kappa shape index (κ2) is 5.22. The van der Waals surface area contributed by atoms with Crippen molar-refractivity contribution in [1.82, 2.24) is 14.0 Å². The minimum Gasteiger partial charge on any atom is -0.477 e. The molecule has 0 spiro atoms. The van der Waals surface area contributed by atoms with E-state index in [4.69, 9.17) is 0 Å². The Balaban J connectivity index is 2.07. The average Bonchev–Trinajstić information content (AvgIpc) is 2.96. The van der Waals surface area contributed by atoms with Crippen molar-refractivity contribution in [3.8, 4) is 0 Å². The van der Waals surface area contributed by atoms with Gasteiger partial charge in [0.2, 0.25) is 0 Å². The third-order valence-corrected chi connectivity index (χ3v) is 4.68. The summed E-state index contributed by atoms with van der Waals surface area (Å²) in [5.74, 6) is -1.01. The number of carbonyl (C=O) groups is 1. The molecule has 0 radical (unpaired) electrons. The molecule has 6 heteroatoms. The number of rotatable bonds is 2. The van der Waals surface area contributed by atoms with E-state index in [0.717, 1.165) is 25.7 Å². The summed E-state index contributed by atoms with van der Waals surface area (Å²) in [5, 5.41) is 9.94. The Bertz CT molecular complexity index is 964. The van der Waals surface area contributed by atoms with Crippen molar-refractivity contribution >= 4 is 22.6 Å². The van der Waals surface area contributed by atoms with Gasteiger partial charge in [-0.2, -0.15) is 0 Å².